The zero-order chi connectivity index (χ0) is 16.6. The predicted octanol–water partition coefficient (Wildman–Crippen LogP) is 5.86. The molecule has 1 aliphatic heterocycles. The molecule has 0 aliphatic carbocycles. The zero-order valence-electron chi connectivity index (χ0n) is 12.0. The third-order valence-electron chi connectivity index (χ3n) is 3.48. The SMILES string of the molecule is CS(=O)(=O)c1ccc(C2SSC([S])=C2c2ccccc2Br)cc1. The molecule has 1 heterocycles. The van der Waals surface area contributed by atoms with Gasteiger partial charge in [0.15, 0.2) is 9.84 Å². The van der Waals surface area contributed by atoms with Crippen LogP contribution in [0.25, 0.3) is 5.57 Å². The number of halogens is 1. The molecule has 2 aromatic carbocycles. The summed E-state index contributed by atoms with van der Waals surface area (Å²) in [6, 6.07) is 15.1. The van der Waals surface area contributed by atoms with Crippen molar-refractivity contribution in [2.45, 2.75) is 10.1 Å². The van der Waals surface area contributed by atoms with Crippen molar-refractivity contribution in [3.63, 3.8) is 0 Å². The lowest BCUT2D eigenvalue weighted by Gasteiger charge is -2.16. The lowest BCUT2D eigenvalue weighted by atomic mass is 9.99. The second-order valence-corrected chi connectivity index (χ2v) is 10.9. The lowest BCUT2D eigenvalue weighted by Crippen LogP contribution is -1.99. The molecule has 0 N–H and O–H groups in total. The average molecular weight is 444 g/mol. The maximum Gasteiger partial charge on any atom is 0.175 e. The first kappa shape index (κ1) is 17.4. The Morgan fingerprint density at radius 2 is 1.74 bits per heavy atom. The predicted molar refractivity (Wildman–Crippen MR) is 106 cm³/mol. The second-order valence-electron chi connectivity index (χ2n) is 5.08. The summed E-state index contributed by atoms with van der Waals surface area (Å²) in [6.07, 6.45) is 1.22. The summed E-state index contributed by atoms with van der Waals surface area (Å²) in [5, 5.41) is 0.0970. The highest BCUT2D eigenvalue weighted by atomic mass is 79.9. The highest BCUT2D eigenvalue weighted by molar-refractivity contribution is 9.10. The molecule has 0 saturated carbocycles. The van der Waals surface area contributed by atoms with Gasteiger partial charge in [-0.05, 0) is 40.1 Å². The fourth-order valence-electron chi connectivity index (χ4n) is 2.33. The molecule has 1 unspecified atom stereocenters. The van der Waals surface area contributed by atoms with Gasteiger partial charge >= 0.3 is 0 Å². The molecule has 1 aliphatic rings. The van der Waals surface area contributed by atoms with E-state index in [1.54, 1.807) is 33.7 Å². The highest BCUT2D eigenvalue weighted by Crippen LogP contribution is 2.60. The van der Waals surface area contributed by atoms with Crippen LogP contribution in [-0.4, -0.2) is 14.7 Å². The van der Waals surface area contributed by atoms with Gasteiger partial charge in [0.25, 0.3) is 0 Å². The van der Waals surface area contributed by atoms with Crippen LogP contribution in [0.4, 0.5) is 0 Å². The molecule has 0 saturated heterocycles. The molecule has 3 rings (SSSR count). The van der Waals surface area contributed by atoms with Crippen LogP contribution < -0.4 is 0 Å². The Balaban J connectivity index is 2.02. The van der Waals surface area contributed by atoms with E-state index in [1.165, 1.54) is 6.26 Å². The molecule has 119 valence electrons. The van der Waals surface area contributed by atoms with E-state index in [2.05, 4.69) is 22.0 Å². The van der Waals surface area contributed by atoms with Gasteiger partial charge < -0.3 is 0 Å². The first-order valence-corrected chi connectivity index (χ1v) is 12.0. The van der Waals surface area contributed by atoms with Gasteiger partial charge in [-0.3, -0.25) is 0 Å². The van der Waals surface area contributed by atoms with Crippen molar-refractivity contribution in [1.29, 1.82) is 0 Å². The summed E-state index contributed by atoms with van der Waals surface area (Å²) in [6.45, 7) is 0. The minimum atomic E-state index is -3.18. The van der Waals surface area contributed by atoms with Gasteiger partial charge in [-0.15, -0.1) is 0 Å². The van der Waals surface area contributed by atoms with Crippen molar-refractivity contribution in [3.05, 3.63) is 68.4 Å². The van der Waals surface area contributed by atoms with Crippen LogP contribution in [0.5, 0.6) is 0 Å². The van der Waals surface area contributed by atoms with E-state index in [4.69, 9.17) is 12.6 Å². The zero-order valence-corrected chi connectivity index (χ0v) is 16.9. The summed E-state index contributed by atoms with van der Waals surface area (Å²) in [5.41, 5.74) is 3.25. The van der Waals surface area contributed by atoms with Gasteiger partial charge in [0.05, 0.1) is 14.4 Å². The number of hydrogen-bond donors (Lipinski definition) is 0. The normalized spacial score (nSPS) is 18.4. The van der Waals surface area contributed by atoms with Crippen LogP contribution in [0, 0.1) is 0 Å². The topological polar surface area (TPSA) is 34.1 Å². The number of rotatable bonds is 3. The largest absolute Gasteiger partial charge is 0.224 e. The van der Waals surface area contributed by atoms with Gasteiger partial charge in [-0.25, -0.2) is 8.42 Å². The van der Waals surface area contributed by atoms with E-state index in [0.29, 0.717) is 4.90 Å². The summed E-state index contributed by atoms with van der Waals surface area (Å²) in [5.74, 6) is 0. The molecule has 0 aromatic heterocycles. The monoisotopic (exact) mass is 443 g/mol. The van der Waals surface area contributed by atoms with Crippen LogP contribution in [-0.2, 0) is 9.84 Å². The number of benzene rings is 2. The van der Waals surface area contributed by atoms with Gasteiger partial charge in [0, 0.05) is 16.3 Å². The number of sulfone groups is 1. The maximum absolute atomic E-state index is 11.6. The van der Waals surface area contributed by atoms with Crippen LogP contribution in [0.3, 0.4) is 0 Å². The van der Waals surface area contributed by atoms with E-state index in [1.807, 2.05) is 30.3 Å². The average Bonchev–Trinajstić information content (AvgIpc) is 2.89. The van der Waals surface area contributed by atoms with E-state index < -0.39 is 9.84 Å². The smallest absolute Gasteiger partial charge is 0.175 e. The third-order valence-corrected chi connectivity index (χ3v) is 8.62. The molecule has 0 fully saturated rings. The van der Waals surface area contributed by atoms with Crippen LogP contribution >= 0.6 is 50.1 Å². The third kappa shape index (κ3) is 3.64. The molecule has 7 heteroatoms. The van der Waals surface area contributed by atoms with Gasteiger partial charge in [-0.1, -0.05) is 69.7 Å². The summed E-state index contributed by atoms with van der Waals surface area (Å²) < 4.78 is 25.1. The summed E-state index contributed by atoms with van der Waals surface area (Å²) in [7, 11) is 0.112. The van der Waals surface area contributed by atoms with E-state index >= 15 is 0 Å². The number of hydrogen-bond acceptors (Lipinski definition) is 4. The van der Waals surface area contributed by atoms with Gasteiger partial charge in [0.2, 0.25) is 0 Å². The van der Waals surface area contributed by atoms with Crippen molar-refractivity contribution in [2.75, 3.05) is 6.26 Å². The molecular weight excluding hydrogens is 432 g/mol. The molecule has 2 nitrogen and oxygen atoms in total. The Morgan fingerprint density at radius 3 is 2.35 bits per heavy atom. The van der Waals surface area contributed by atoms with Crippen molar-refractivity contribution >= 4 is 65.6 Å². The van der Waals surface area contributed by atoms with Crippen molar-refractivity contribution in [2.24, 2.45) is 0 Å². The molecule has 0 spiro atoms. The Hall–Kier alpha value is -0.470. The highest BCUT2D eigenvalue weighted by Gasteiger charge is 2.30. The fourth-order valence-corrected chi connectivity index (χ4v) is 6.75. The minimum absolute atomic E-state index is 0.0970. The summed E-state index contributed by atoms with van der Waals surface area (Å²) in [4.78, 5) is 0.335. The van der Waals surface area contributed by atoms with Crippen LogP contribution in [0.15, 0.2) is 62.1 Å². The van der Waals surface area contributed by atoms with E-state index in [9.17, 15) is 8.42 Å². The Morgan fingerprint density at radius 1 is 1.09 bits per heavy atom. The molecule has 23 heavy (non-hydrogen) atoms. The fraction of sp³-hybridized carbons (Fsp3) is 0.125. The molecule has 2 aromatic rings. The Bertz CT molecular complexity index is 873. The van der Waals surface area contributed by atoms with E-state index in [0.717, 1.165) is 25.4 Å². The van der Waals surface area contributed by atoms with Crippen LogP contribution in [0.2, 0.25) is 0 Å². The molecular formula is C16H12BrO2S4. The minimum Gasteiger partial charge on any atom is -0.224 e. The van der Waals surface area contributed by atoms with Crippen molar-refractivity contribution in [3.8, 4) is 0 Å². The van der Waals surface area contributed by atoms with Gasteiger partial charge in [0.1, 0.15) is 0 Å². The van der Waals surface area contributed by atoms with Crippen molar-refractivity contribution < 1.29 is 8.42 Å². The standard InChI is InChI=1S/C16H12BrO2S4/c1-23(18,19)11-8-6-10(7-9-11)15-14(16(20)22-21-15)12-4-2-3-5-13(12)17/h2-9,15H,1H3. The van der Waals surface area contributed by atoms with Crippen molar-refractivity contribution in [1.82, 2.24) is 0 Å². The second kappa shape index (κ2) is 6.80. The first-order chi connectivity index (χ1) is 10.9. The van der Waals surface area contributed by atoms with Gasteiger partial charge in [-0.2, -0.15) is 0 Å². The lowest BCUT2D eigenvalue weighted by molar-refractivity contribution is 0.602. The van der Waals surface area contributed by atoms with Crippen LogP contribution in [0.1, 0.15) is 16.4 Å². The molecule has 1 atom stereocenters. The first-order valence-electron chi connectivity index (χ1n) is 6.67. The Labute approximate surface area is 158 Å². The molecule has 0 amide bonds. The Kier molecular flexibility index (Phi) is 5.13. The summed E-state index contributed by atoms with van der Waals surface area (Å²) >= 11 is 9.13. The quantitative estimate of drug-likeness (QED) is 0.556. The maximum atomic E-state index is 11.6. The molecule has 0 bridgehead atoms. The molecule has 1 radical (unpaired) electrons. The van der Waals surface area contributed by atoms with E-state index in [-0.39, 0.29) is 5.25 Å².